The molecule has 0 radical (unpaired) electrons. The van der Waals surface area contributed by atoms with Gasteiger partial charge in [0.05, 0.1) is 0 Å². The van der Waals surface area contributed by atoms with Gasteiger partial charge in [0.1, 0.15) is 0 Å². The minimum atomic E-state index is 0.679. The molecule has 2 fully saturated rings. The standard InChI is InChI=1S/C12H22/c1-11(2)8-5-10(11)9-12(3)6-4-7-12/h10H,4-9H2,1-3H3. The molecule has 0 bridgehead atoms. The maximum atomic E-state index is 2.49. The highest BCUT2D eigenvalue weighted by Crippen LogP contribution is 2.55. The monoisotopic (exact) mass is 166 g/mol. The van der Waals surface area contributed by atoms with E-state index in [1.165, 1.54) is 38.5 Å². The van der Waals surface area contributed by atoms with Gasteiger partial charge in [-0.05, 0) is 48.9 Å². The topological polar surface area (TPSA) is 0 Å². The van der Waals surface area contributed by atoms with Gasteiger partial charge in [-0.2, -0.15) is 0 Å². The molecule has 0 nitrogen and oxygen atoms in total. The van der Waals surface area contributed by atoms with Crippen LogP contribution in [-0.2, 0) is 0 Å². The molecule has 2 saturated carbocycles. The summed E-state index contributed by atoms with van der Waals surface area (Å²) in [6.07, 6.45) is 8.97. The van der Waals surface area contributed by atoms with E-state index >= 15 is 0 Å². The van der Waals surface area contributed by atoms with Crippen LogP contribution < -0.4 is 0 Å². The van der Waals surface area contributed by atoms with Crippen molar-refractivity contribution in [3.8, 4) is 0 Å². The van der Waals surface area contributed by atoms with Gasteiger partial charge in [-0.1, -0.05) is 27.2 Å². The molecular weight excluding hydrogens is 144 g/mol. The van der Waals surface area contributed by atoms with Crippen molar-refractivity contribution in [2.75, 3.05) is 0 Å². The van der Waals surface area contributed by atoms with E-state index in [0.717, 1.165) is 11.3 Å². The van der Waals surface area contributed by atoms with Crippen LogP contribution in [0.4, 0.5) is 0 Å². The van der Waals surface area contributed by atoms with Crippen molar-refractivity contribution in [3.63, 3.8) is 0 Å². The molecule has 0 saturated heterocycles. The SMILES string of the molecule is CC1(CC2CCC2(C)C)CCC1. The fourth-order valence-electron chi connectivity index (χ4n) is 2.88. The van der Waals surface area contributed by atoms with Crippen molar-refractivity contribution in [1.82, 2.24) is 0 Å². The lowest BCUT2D eigenvalue weighted by Gasteiger charge is -2.51. The number of hydrogen-bond acceptors (Lipinski definition) is 0. The zero-order valence-corrected chi connectivity index (χ0v) is 8.82. The molecule has 2 aliphatic carbocycles. The molecule has 0 aromatic carbocycles. The Balaban J connectivity index is 1.87. The van der Waals surface area contributed by atoms with Gasteiger partial charge in [0.25, 0.3) is 0 Å². The second kappa shape index (κ2) is 2.49. The molecule has 0 amide bonds. The van der Waals surface area contributed by atoms with Crippen LogP contribution in [0.2, 0.25) is 0 Å². The third kappa shape index (κ3) is 1.30. The second-order valence-corrected chi connectivity index (χ2v) is 6.09. The predicted molar refractivity (Wildman–Crippen MR) is 53.1 cm³/mol. The van der Waals surface area contributed by atoms with E-state index < -0.39 is 0 Å². The number of rotatable bonds is 2. The summed E-state index contributed by atoms with van der Waals surface area (Å²) in [7, 11) is 0. The quantitative estimate of drug-likeness (QED) is 0.581. The van der Waals surface area contributed by atoms with Gasteiger partial charge in [0.15, 0.2) is 0 Å². The van der Waals surface area contributed by atoms with Crippen molar-refractivity contribution in [2.24, 2.45) is 16.7 Å². The van der Waals surface area contributed by atoms with Crippen LogP contribution in [0.3, 0.4) is 0 Å². The molecule has 0 aromatic rings. The molecule has 1 unspecified atom stereocenters. The summed E-state index contributed by atoms with van der Waals surface area (Å²) >= 11 is 0. The van der Waals surface area contributed by atoms with Crippen molar-refractivity contribution in [2.45, 2.75) is 59.3 Å². The summed E-state index contributed by atoms with van der Waals surface area (Å²) in [5.41, 5.74) is 1.43. The lowest BCUT2D eigenvalue weighted by atomic mass is 9.54. The molecule has 0 aromatic heterocycles. The first-order valence-corrected chi connectivity index (χ1v) is 5.52. The van der Waals surface area contributed by atoms with Gasteiger partial charge in [0, 0.05) is 0 Å². The van der Waals surface area contributed by atoms with E-state index in [9.17, 15) is 0 Å². The van der Waals surface area contributed by atoms with E-state index in [0.29, 0.717) is 5.41 Å². The van der Waals surface area contributed by atoms with Gasteiger partial charge in [-0.25, -0.2) is 0 Å². The Kier molecular flexibility index (Phi) is 1.79. The molecule has 2 rings (SSSR count). The van der Waals surface area contributed by atoms with Crippen LogP contribution in [0, 0.1) is 16.7 Å². The molecule has 0 heterocycles. The third-order valence-corrected chi connectivity index (χ3v) is 4.54. The molecule has 70 valence electrons. The van der Waals surface area contributed by atoms with Crippen LogP contribution in [-0.4, -0.2) is 0 Å². The van der Waals surface area contributed by atoms with E-state index in [2.05, 4.69) is 20.8 Å². The van der Waals surface area contributed by atoms with Gasteiger partial charge < -0.3 is 0 Å². The summed E-state index contributed by atoms with van der Waals surface area (Å²) in [4.78, 5) is 0. The molecule has 0 aliphatic heterocycles. The molecule has 0 heteroatoms. The Morgan fingerprint density at radius 2 is 1.75 bits per heavy atom. The highest BCUT2D eigenvalue weighted by atomic mass is 14.5. The summed E-state index contributed by atoms with van der Waals surface area (Å²) in [6, 6.07) is 0. The fourth-order valence-corrected chi connectivity index (χ4v) is 2.88. The average molecular weight is 166 g/mol. The summed E-state index contributed by atoms with van der Waals surface area (Å²) in [5, 5.41) is 0. The molecule has 1 atom stereocenters. The highest BCUT2D eigenvalue weighted by Gasteiger charge is 2.43. The molecular formula is C12H22. The zero-order valence-electron chi connectivity index (χ0n) is 8.82. The highest BCUT2D eigenvalue weighted by molar-refractivity contribution is 4.94. The van der Waals surface area contributed by atoms with Crippen molar-refractivity contribution in [3.05, 3.63) is 0 Å². The van der Waals surface area contributed by atoms with E-state index in [1.54, 1.807) is 0 Å². The second-order valence-electron chi connectivity index (χ2n) is 6.09. The first-order chi connectivity index (χ1) is 5.52. The lowest BCUT2D eigenvalue weighted by molar-refractivity contribution is -0.000556. The molecule has 12 heavy (non-hydrogen) atoms. The third-order valence-electron chi connectivity index (χ3n) is 4.54. The molecule has 0 spiro atoms. The summed E-state index contributed by atoms with van der Waals surface area (Å²) in [5.74, 6) is 1.04. The fraction of sp³-hybridized carbons (Fsp3) is 1.00. The molecule has 0 N–H and O–H groups in total. The van der Waals surface area contributed by atoms with E-state index in [1.807, 2.05) is 0 Å². The van der Waals surface area contributed by atoms with Gasteiger partial charge in [0.2, 0.25) is 0 Å². The predicted octanol–water partition coefficient (Wildman–Crippen LogP) is 4.00. The van der Waals surface area contributed by atoms with Crippen molar-refractivity contribution < 1.29 is 0 Å². The summed E-state index contributed by atoms with van der Waals surface area (Å²) < 4.78 is 0. The van der Waals surface area contributed by atoms with Gasteiger partial charge >= 0.3 is 0 Å². The Morgan fingerprint density at radius 1 is 1.08 bits per heavy atom. The van der Waals surface area contributed by atoms with Gasteiger partial charge in [-0.15, -0.1) is 0 Å². The van der Waals surface area contributed by atoms with Crippen LogP contribution in [0.5, 0.6) is 0 Å². The Labute approximate surface area is 76.7 Å². The molecule has 2 aliphatic rings. The minimum Gasteiger partial charge on any atom is -0.0596 e. The van der Waals surface area contributed by atoms with E-state index in [4.69, 9.17) is 0 Å². The van der Waals surface area contributed by atoms with Gasteiger partial charge in [-0.3, -0.25) is 0 Å². The largest absolute Gasteiger partial charge is 0.0596 e. The minimum absolute atomic E-state index is 0.679. The zero-order chi connectivity index (χ0) is 8.82. The smallest absolute Gasteiger partial charge is 0.0323 e. The van der Waals surface area contributed by atoms with Crippen LogP contribution in [0.25, 0.3) is 0 Å². The van der Waals surface area contributed by atoms with Crippen molar-refractivity contribution in [1.29, 1.82) is 0 Å². The lowest BCUT2D eigenvalue weighted by Crippen LogP contribution is -2.40. The van der Waals surface area contributed by atoms with Crippen LogP contribution >= 0.6 is 0 Å². The van der Waals surface area contributed by atoms with E-state index in [-0.39, 0.29) is 0 Å². The summed E-state index contributed by atoms with van der Waals surface area (Å²) in [6.45, 7) is 7.39. The number of hydrogen-bond donors (Lipinski definition) is 0. The maximum Gasteiger partial charge on any atom is -0.0323 e. The average Bonchev–Trinajstić information content (AvgIpc) is 1.95. The Hall–Kier alpha value is 0. The van der Waals surface area contributed by atoms with Crippen LogP contribution in [0.15, 0.2) is 0 Å². The first kappa shape index (κ1) is 8.59. The normalized spacial score (nSPS) is 36.8. The Morgan fingerprint density at radius 3 is 2.00 bits per heavy atom. The van der Waals surface area contributed by atoms with Crippen molar-refractivity contribution >= 4 is 0 Å². The maximum absolute atomic E-state index is 2.49. The first-order valence-electron chi connectivity index (χ1n) is 5.52. The van der Waals surface area contributed by atoms with Crippen LogP contribution in [0.1, 0.15) is 59.3 Å². The Bertz CT molecular complexity index is 174.